The summed E-state index contributed by atoms with van der Waals surface area (Å²) in [6.45, 7) is 3.38. The molecule has 0 saturated heterocycles. The maximum atomic E-state index is 10.7. The summed E-state index contributed by atoms with van der Waals surface area (Å²) in [4.78, 5) is 10.7. The predicted octanol–water partition coefficient (Wildman–Crippen LogP) is 1.40. The van der Waals surface area contributed by atoms with Gasteiger partial charge in [0.25, 0.3) is 0 Å². The van der Waals surface area contributed by atoms with Crippen LogP contribution in [0.25, 0.3) is 0 Å². The number of ether oxygens (including phenoxy) is 1. The smallest absolute Gasteiger partial charge is 0.221 e. The minimum atomic E-state index is -0.486. The Balaban J connectivity index is 2.52. The van der Waals surface area contributed by atoms with E-state index in [1.54, 1.807) is 31.2 Å². The second kappa shape index (κ2) is 5.36. The third-order valence-electron chi connectivity index (χ3n) is 1.67. The molecule has 0 spiro atoms. The highest BCUT2D eigenvalue weighted by molar-refractivity contribution is 5.88. The van der Waals surface area contributed by atoms with Crippen LogP contribution in [-0.4, -0.2) is 23.7 Å². The van der Waals surface area contributed by atoms with Crippen LogP contribution in [0.5, 0.6) is 5.75 Å². The Kier molecular flexibility index (Phi) is 4.12. The lowest BCUT2D eigenvalue weighted by Gasteiger charge is -2.08. The zero-order chi connectivity index (χ0) is 11.3. The van der Waals surface area contributed by atoms with Crippen molar-refractivity contribution in [3.63, 3.8) is 0 Å². The maximum Gasteiger partial charge on any atom is 0.221 e. The van der Waals surface area contributed by atoms with Crippen LogP contribution >= 0.6 is 0 Å². The number of hydrogen-bond acceptors (Lipinski definition) is 3. The summed E-state index contributed by atoms with van der Waals surface area (Å²) in [5.41, 5.74) is 0.729. The van der Waals surface area contributed by atoms with Gasteiger partial charge in [-0.1, -0.05) is 0 Å². The Bertz CT molecular complexity index is 319. The molecular weight excluding hydrogens is 194 g/mol. The second-order valence-corrected chi connectivity index (χ2v) is 3.37. The number of anilines is 1. The van der Waals surface area contributed by atoms with Crippen molar-refractivity contribution in [1.82, 2.24) is 0 Å². The molecule has 4 nitrogen and oxygen atoms in total. The number of benzene rings is 1. The Morgan fingerprint density at radius 1 is 1.47 bits per heavy atom. The number of hydrogen-bond donors (Lipinski definition) is 2. The van der Waals surface area contributed by atoms with E-state index in [1.165, 1.54) is 6.92 Å². The van der Waals surface area contributed by atoms with Gasteiger partial charge in [-0.2, -0.15) is 0 Å². The lowest BCUT2D eigenvalue weighted by Crippen LogP contribution is -2.12. The number of nitrogens with one attached hydrogen (secondary N) is 1. The molecule has 0 radical (unpaired) electrons. The Morgan fingerprint density at radius 2 is 2.07 bits per heavy atom. The Hall–Kier alpha value is -1.55. The van der Waals surface area contributed by atoms with Gasteiger partial charge in [0, 0.05) is 12.6 Å². The van der Waals surface area contributed by atoms with Crippen molar-refractivity contribution in [3.8, 4) is 5.75 Å². The second-order valence-electron chi connectivity index (χ2n) is 3.37. The molecule has 1 aromatic carbocycles. The first-order valence-corrected chi connectivity index (χ1v) is 4.76. The molecule has 0 heterocycles. The first kappa shape index (κ1) is 11.5. The van der Waals surface area contributed by atoms with Crippen molar-refractivity contribution in [3.05, 3.63) is 24.3 Å². The SMILES string of the molecule is CC(=O)Nc1ccc(OC[C@H](C)O)cc1. The monoisotopic (exact) mass is 209 g/mol. The molecule has 1 rings (SSSR count). The minimum Gasteiger partial charge on any atom is -0.491 e. The molecular formula is C11H15NO3. The van der Waals surface area contributed by atoms with Gasteiger partial charge in [0.1, 0.15) is 12.4 Å². The van der Waals surface area contributed by atoms with Crippen LogP contribution in [0.3, 0.4) is 0 Å². The molecule has 0 aliphatic heterocycles. The van der Waals surface area contributed by atoms with Crippen LogP contribution in [0, 0.1) is 0 Å². The van der Waals surface area contributed by atoms with Gasteiger partial charge in [-0.3, -0.25) is 4.79 Å². The van der Waals surface area contributed by atoms with Crippen LogP contribution in [0.1, 0.15) is 13.8 Å². The predicted molar refractivity (Wildman–Crippen MR) is 57.9 cm³/mol. The van der Waals surface area contributed by atoms with Crippen LogP contribution in [0.4, 0.5) is 5.69 Å². The zero-order valence-electron chi connectivity index (χ0n) is 8.86. The Labute approximate surface area is 88.9 Å². The fraction of sp³-hybridized carbons (Fsp3) is 0.364. The van der Waals surface area contributed by atoms with Gasteiger partial charge < -0.3 is 15.2 Å². The van der Waals surface area contributed by atoms with Crippen LogP contribution < -0.4 is 10.1 Å². The molecule has 0 unspecified atom stereocenters. The van der Waals surface area contributed by atoms with E-state index in [0.717, 1.165) is 5.69 Å². The van der Waals surface area contributed by atoms with E-state index in [0.29, 0.717) is 5.75 Å². The standard InChI is InChI=1S/C11H15NO3/c1-8(13)7-15-11-5-3-10(4-6-11)12-9(2)14/h3-6,8,13H,7H2,1-2H3,(H,12,14)/t8-/m0/s1. The summed E-state index contributed by atoms with van der Waals surface area (Å²) >= 11 is 0. The maximum absolute atomic E-state index is 10.7. The normalized spacial score (nSPS) is 11.9. The molecule has 1 atom stereocenters. The largest absolute Gasteiger partial charge is 0.491 e. The van der Waals surface area contributed by atoms with E-state index in [2.05, 4.69) is 5.32 Å². The van der Waals surface area contributed by atoms with Crippen molar-refractivity contribution >= 4 is 11.6 Å². The summed E-state index contributed by atoms with van der Waals surface area (Å²) in [6.07, 6.45) is -0.486. The molecule has 0 saturated carbocycles. The average Bonchev–Trinajstić information content (AvgIpc) is 2.16. The van der Waals surface area contributed by atoms with Gasteiger partial charge in [0.05, 0.1) is 6.10 Å². The summed E-state index contributed by atoms with van der Waals surface area (Å²) < 4.78 is 5.26. The molecule has 2 N–H and O–H groups in total. The van der Waals surface area contributed by atoms with E-state index in [1.807, 2.05) is 0 Å². The number of carbonyl (C=O) groups excluding carboxylic acids is 1. The van der Waals surface area contributed by atoms with Gasteiger partial charge >= 0.3 is 0 Å². The lowest BCUT2D eigenvalue weighted by molar-refractivity contribution is -0.114. The van der Waals surface area contributed by atoms with Gasteiger partial charge in [-0.25, -0.2) is 0 Å². The summed E-state index contributed by atoms with van der Waals surface area (Å²) in [6, 6.07) is 6.98. The van der Waals surface area contributed by atoms with Crippen LogP contribution in [-0.2, 0) is 4.79 Å². The van der Waals surface area contributed by atoms with Crippen molar-refractivity contribution in [2.24, 2.45) is 0 Å². The van der Waals surface area contributed by atoms with Crippen molar-refractivity contribution in [1.29, 1.82) is 0 Å². The highest BCUT2D eigenvalue weighted by atomic mass is 16.5. The summed E-state index contributed by atoms with van der Waals surface area (Å²) in [7, 11) is 0. The molecule has 0 fully saturated rings. The molecule has 0 aliphatic carbocycles. The van der Waals surface area contributed by atoms with E-state index in [-0.39, 0.29) is 12.5 Å². The quantitative estimate of drug-likeness (QED) is 0.788. The summed E-state index contributed by atoms with van der Waals surface area (Å²) in [5.74, 6) is 0.567. The third kappa shape index (κ3) is 4.46. The minimum absolute atomic E-state index is 0.104. The number of aliphatic hydroxyl groups excluding tert-OH is 1. The van der Waals surface area contributed by atoms with E-state index >= 15 is 0 Å². The van der Waals surface area contributed by atoms with Crippen molar-refractivity contribution in [2.75, 3.05) is 11.9 Å². The van der Waals surface area contributed by atoms with Crippen molar-refractivity contribution in [2.45, 2.75) is 20.0 Å². The molecule has 0 aliphatic rings. The topological polar surface area (TPSA) is 58.6 Å². The van der Waals surface area contributed by atoms with Gasteiger partial charge in [0.15, 0.2) is 0 Å². The van der Waals surface area contributed by atoms with E-state index in [9.17, 15) is 4.79 Å². The van der Waals surface area contributed by atoms with Crippen LogP contribution in [0.2, 0.25) is 0 Å². The summed E-state index contributed by atoms with van der Waals surface area (Å²) in [5, 5.41) is 11.7. The third-order valence-corrected chi connectivity index (χ3v) is 1.67. The highest BCUT2D eigenvalue weighted by Crippen LogP contribution is 2.15. The lowest BCUT2D eigenvalue weighted by atomic mass is 10.3. The molecule has 15 heavy (non-hydrogen) atoms. The first-order valence-electron chi connectivity index (χ1n) is 4.76. The molecule has 4 heteroatoms. The molecule has 1 amide bonds. The zero-order valence-corrected chi connectivity index (χ0v) is 8.86. The van der Waals surface area contributed by atoms with Crippen LogP contribution in [0.15, 0.2) is 24.3 Å². The fourth-order valence-electron chi connectivity index (χ4n) is 1.05. The van der Waals surface area contributed by atoms with Gasteiger partial charge in [0.2, 0.25) is 5.91 Å². The number of rotatable bonds is 4. The number of carbonyl (C=O) groups is 1. The van der Waals surface area contributed by atoms with E-state index < -0.39 is 6.10 Å². The Morgan fingerprint density at radius 3 is 2.53 bits per heavy atom. The van der Waals surface area contributed by atoms with E-state index in [4.69, 9.17) is 9.84 Å². The van der Waals surface area contributed by atoms with Gasteiger partial charge in [-0.15, -0.1) is 0 Å². The van der Waals surface area contributed by atoms with Crippen molar-refractivity contribution < 1.29 is 14.6 Å². The number of amides is 1. The molecule has 82 valence electrons. The van der Waals surface area contributed by atoms with Gasteiger partial charge in [-0.05, 0) is 31.2 Å². The average molecular weight is 209 g/mol. The highest BCUT2D eigenvalue weighted by Gasteiger charge is 1.99. The molecule has 1 aromatic rings. The first-order chi connectivity index (χ1) is 7.08. The molecule has 0 bridgehead atoms. The molecule has 0 aromatic heterocycles. The fourth-order valence-corrected chi connectivity index (χ4v) is 1.05. The number of aliphatic hydroxyl groups is 1.